The summed E-state index contributed by atoms with van der Waals surface area (Å²) in [5.41, 5.74) is 7.70. The largest absolute Gasteiger partial charge is 0.491 e. The maximum absolute atomic E-state index is 5.92. The van der Waals surface area contributed by atoms with Gasteiger partial charge in [0.2, 0.25) is 0 Å². The molecule has 1 aliphatic heterocycles. The predicted molar refractivity (Wildman–Crippen MR) is 85.4 cm³/mol. The number of piperidine rings is 1. The first kappa shape index (κ1) is 15.0. The van der Waals surface area contributed by atoms with Crippen LogP contribution in [0.1, 0.15) is 33.1 Å². The van der Waals surface area contributed by atoms with Crippen LogP contribution in [-0.2, 0) is 0 Å². The summed E-state index contributed by atoms with van der Waals surface area (Å²) in [7, 11) is 0. The lowest BCUT2D eigenvalue weighted by Gasteiger charge is -2.26. The third kappa shape index (κ3) is 4.93. The Morgan fingerprint density at radius 3 is 2.65 bits per heavy atom. The van der Waals surface area contributed by atoms with Crippen LogP contribution in [0.2, 0.25) is 0 Å². The Balaban J connectivity index is 1.83. The van der Waals surface area contributed by atoms with E-state index in [2.05, 4.69) is 10.2 Å². The van der Waals surface area contributed by atoms with Crippen LogP contribution in [-0.4, -0.2) is 37.2 Å². The summed E-state index contributed by atoms with van der Waals surface area (Å²) in [5, 5.41) is 3.44. The number of rotatable bonds is 6. The SMILES string of the molecule is CC(C)Oc1cc(N)cc(NCCN2CCCCC2)c1. The Morgan fingerprint density at radius 1 is 1.20 bits per heavy atom. The zero-order chi connectivity index (χ0) is 14.4. The molecule has 1 fully saturated rings. The number of likely N-dealkylation sites (tertiary alicyclic amines) is 1. The van der Waals surface area contributed by atoms with E-state index in [1.54, 1.807) is 0 Å². The summed E-state index contributed by atoms with van der Waals surface area (Å²) in [6.07, 6.45) is 4.22. The van der Waals surface area contributed by atoms with E-state index in [-0.39, 0.29) is 6.10 Å². The van der Waals surface area contributed by atoms with Gasteiger partial charge in [-0.3, -0.25) is 0 Å². The van der Waals surface area contributed by atoms with Crippen LogP contribution in [0.15, 0.2) is 18.2 Å². The summed E-state index contributed by atoms with van der Waals surface area (Å²) in [6, 6.07) is 5.85. The molecule has 4 heteroatoms. The first-order valence-corrected chi connectivity index (χ1v) is 7.67. The van der Waals surface area contributed by atoms with Crippen molar-refractivity contribution in [1.82, 2.24) is 4.90 Å². The van der Waals surface area contributed by atoms with Gasteiger partial charge in [-0.15, -0.1) is 0 Å². The van der Waals surface area contributed by atoms with Crippen molar-refractivity contribution in [3.05, 3.63) is 18.2 Å². The van der Waals surface area contributed by atoms with Crippen molar-refractivity contribution in [3.63, 3.8) is 0 Å². The molecule has 0 bridgehead atoms. The molecule has 0 radical (unpaired) electrons. The minimum absolute atomic E-state index is 0.165. The summed E-state index contributed by atoms with van der Waals surface area (Å²) >= 11 is 0. The Kier molecular flexibility index (Phi) is 5.53. The third-order valence-corrected chi connectivity index (χ3v) is 3.51. The highest BCUT2D eigenvalue weighted by molar-refractivity contribution is 5.59. The maximum Gasteiger partial charge on any atom is 0.123 e. The highest BCUT2D eigenvalue weighted by atomic mass is 16.5. The summed E-state index contributed by atoms with van der Waals surface area (Å²) < 4.78 is 5.70. The Hall–Kier alpha value is -1.42. The van der Waals surface area contributed by atoms with Crippen molar-refractivity contribution in [2.24, 2.45) is 0 Å². The second-order valence-electron chi connectivity index (χ2n) is 5.79. The summed E-state index contributed by atoms with van der Waals surface area (Å²) in [5.74, 6) is 0.834. The molecule has 0 amide bonds. The number of hydrogen-bond donors (Lipinski definition) is 2. The maximum atomic E-state index is 5.92. The van der Waals surface area contributed by atoms with Gasteiger partial charge in [0.1, 0.15) is 5.75 Å². The molecule has 20 heavy (non-hydrogen) atoms. The molecule has 0 aromatic heterocycles. The number of nitrogens with two attached hydrogens (primary N) is 1. The molecular formula is C16H27N3O. The van der Waals surface area contributed by atoms with Crippen molar-refractivity contribution >= 4 is 11.4 Å². The normalized spacial score (nSPS) is 16.4. The fraction of sp³-hybridized carbons (Fsp3) is 0.625. The van der Waals surface area contributed by atoms with E-state index in [0.717, 1.165) is 30.2 Å². The van der Waals surface area contributed by atoms with Gasteiger partial charge < -0.3 is 20.7 Å². The van der Waals surface area contributed by atoms with Gasteiger partial charge in [0.15, 0.2) is 0 Å². The molecule has 1 aromatic carbocycles. The molecule has 0 unspecified atom stereocenters. The van der Waals surface area contributed by atoms with Gasteiger partial charge in [-0.25, -0.2) is 0 Å². The fourth-order valence-electron chi connectivity index (χ4n) is 2.61. The van der Waals surface area contributed by atoms with E-state index in [4.69, 9.17) is 10.5 Å². The molecule has 1 aromatic rings. The lowest BCUT2D eigenvalue weighted by atomic mass is 10.1. The second kappa shape index (κ2) is 7.39. The molecule has 1 saturated heterocycles. The molecule has 0 aliphatic carbocycles. The summed E-state index contributed by atoms with van der Waals surface area (Å²) in [4.78, 5) is 2.52. The first-order chi connectivity index (χ1) is 9.63. The van der Waals surface area contributed by atoms with E-state index < -0.39 is 0 Å². The van der Waals surface area contributed by atoms with Crippen LogP contribution in [0.3, 0.4) is 0 Å². The molecule has 1 aliphatic rings. The average Bonchev–Trinajstić information content (AvgIpc) is 2.38. The molecule has 0 atom stereocenters. The number of nitrogens with one attached hydrogen (secondary N) is 1. The van der Waals surface area contributed by atoms with Crippen molar-refractivity contribution < 1.29 is 4.74 Å². The van der Waals surface area contributed by atoms with Crippen molar-refractivity contribution in [1.29, 1.82) is 0 Å². The Labute approximate surface area is 122 Å². The fourth-order valence-corrected chi connectivity index (χ4v) is 2.61. The van der Waals surface area contributed by atoms with Crippen LogP contribution in [0.25, 0.3) is 0 Å². The minimum atomic E-state index is 0.165. The highest BCUT2D eigenvalue weighted by Crippen LogP contribution is 2.23. The quantitative estimate of drug-likeness (QED) is 0.785. The van der Waals surface area contributed by atoms with E-state index in [1.807, 2.05) is 32.0 Å². The molecule has 3 N–H and O–H groups in total. The minimum Gasteiger partial charge on any atom is -0.491 e. The van der Waals surface area contributed by atoms with Gasteiger partial charge in [0.25, 0.3) is 0 Å². The zero-order valence-electron chi connectivity index (χ0n) is 12.7. The molecular weight excluding hydrogens is 250 g/mol. The summed E-state index contributed by atoms with van der Waals surface area (Å²) in [6.45, 7) is 8.56. The van der Waals surface area contributed by atoms with Crippen molar-refractivity contribution in [2.45, 2.75) is 39.2 Å². The van der Waals surface area contributed by atoms with E-state index in [0.29, 0.717) is 0 Å². The number of nitrogens with zero attached hydrogens (tertiary/aromatic N) is 1. The average molecular weight is 277 g/mol. The number of nitrogen functional groups attached to an aromatic ring is 1. The van der Waals surface area contributed by atoms with Gasteiger partial charge in [0.05, 0.1) is 6.10 Å². The molecule has 0 spiro atoms. The number of anilines is 2. The van der Waals surface area contributed by atoms with Crippen LogP contribution < -0.4 is 15.8 Å². The monoisotopic (exact) mass is 277 g/mol. The zero-order valence-corrected chi connectivity index (χ0v) is 12.7. The van der Waals surface area contributed by atoms with Crippen LogP contribution >= 0.6 is 0 Å². The van der Waals surface area contributed by atoms with Crippen molar-refractivity contribution in [2.75, 3.05) is 37.2 Å². The standard InChI is InChI=1S/C16H27N3O/c1-13(2)20-16-11-14(17)10-15(12-16)18-6-9-19-7-4-3-5-8-19/h10-13,18H,3-9,17H2,1-2H3. The van der Waals surface area contributed by atoms with Crippen LogP contribution in [0, 0.1) is 0 Å². The third-order valence-electron chi connectivity index (χ3n) is 3.51. The molecule has 2 rings (SSSR count). The van der Waals surface area contributed by atoms with E-state index >= 15 is 0 Å². The number of benzene rings is 1. The Bertz CT molecular complexity index is 414. The first-order valence-electron chi connectivity index (χ1n) is 7.67. The molecule has 0 saturated carbocycles. The molecule has 1 heterocycles. The predicted octanol–water partition coefficient (Wildman–Crippen LogP) is 2.95. The van der Waals surface area contributed by atoms with E-state index in [9.17, 15) is 0 Å². The number of hydrogen-bond acceptors (Lipinski definition) is 4. The lowest BCUT2D eigenvalue weighted by Crippen LogP contribution is -2.33. The molecule has 112 valence electrons. The highest BCUT2D eigenvalue weighted by Gasteiger charge is 2.09. The second-order valence-corrected chi connectivity index (χ2v) is 5.79. The van der Waals surface area contributed by atoms with Gasteiger partial charge in [-0.1, -0.05) is 6.42 Å². The van der Waals surface area contributed by atoms with Crippen LogP contribution in [0.5, 0.6) is 5.75 Å². The lowest BCUT2D eigenvalue weighted by molar-refractivity contribution is 0.237. The van der Waals surface area contributed by atoms with E-state index in [1.165, 1.54) is 32.4 Å². The molecule has 4 nitrogen and oxygen atoms in total. The Morgan fingerprint density at radius 2 is 1.95 bits per heavy atom. The van der Waals surface area contributed by atoms with Gasteiger partial charge in [-0.2, -0.15) is 0 Å². The van der Waals surface area contributed by atoms with Gasteiger partial charge in [0, 0.05) is 36.6 Å². The van der Waals surface area contributed by atoms with Crippen molar-refractivity contribution in [3.8, 4) is 5.75 Å². The smallest absolute Gasteiger partial charge is 0.123 e. The van der Waals surface area contributed by atoms with Crippen LogP contribution in [0.4, 0.5) is 11.4 Å². The topological polar surface area (TPSA) is 50.5 Å². The number of ether oxygens (including phenoxy) is 1. The van der Waals surface area contributed by atoms with Gasteiger partial charge >= 0.3 is 0 Å². The van der Waals surface area contributed by atoms with Gasteiger partial charge in [-0.05, 0) is 45.8 Å².